The van der Waals surface area contributed by atoms with E-state index in [1.165, 1.54) is 12.7 Å². The van der Waals surface area contributed by atoms with Crippen LogP contribution in [0.5, 0.6) is 0 Å². The summed E-state index contributed by atoms with van der Waals surface area (Å²) in [6.45, 7) is 0. The first-order valence-corrected chi connectivity index (χ1v) is 5.22. The zero-order chi connectivity index (χ0) is 12.7. The molecule has 6 nitrogen and oxygen atoms in total. The average molecular weight is 271 g/mol. The molecule has 0 aliphatic rings. The molecule has 3 heterocycles. The molecule has 3 aromatic heterocycles. The predicted molar refractivity (Wildman–Crippen MR) is 58.8 cm³/mol. The Morgan fingerprint density at radius 2 is 2.11 bits per heavy atom. The molecule has 0 unspecified atom stereocenters. The van der Waals surface area contributed by atoms with Crippen molar-refractivity contribution in [3.8, 4) is 5.82 Å². The zero-order valence-corrected chi connectivity index (χ0v) is 9.44. The van der Waals surface area contributed by atoms with E-state index in [0.29, 0.717) is 11.2 Å². The zero-order valence-electron chi connectivity index (χ0n) is 8.68. The number of alkyl halides is 2. The third-order valence-electron chi connectivity index (χ3n) is 2.31. The highest BCUT2D eigenvalue weighted by atomic mass is 35.5. The number of aromatic nitrogens is 6. The second kappa shape index (κ2) is 3.98. The number of imidazole rings is 1. The summed E-state index contributed by atoms with van der Waals surface area (Å²) in [7, 11) is 0. The Hall–Kier alpha value is -2.09. The van der Waals surface area contributed by atoms with Crippen molar-refractivity contribution in [1.82, 2.24) is 29.7 Å². The quantitative estimate of drug-likeness (QED) is 0.774. The number of rotatable bonds is 2. The number of H-pyrrole nitrogens is 1. The van der Waals surface area contributed by atoms with Crippen LogP contribution in [0.3, 0.4) is 0 Å². The fraction of sp³-hybridized carbons (Fsp3) is 0.111. The number of hydrogen-bond donors (Lipinski definition) is 1. The van der Waals surface area contributed by atoms with Crippen molar-refractivity contribution < 1.29 is 8.78 Å². The van der Waals surface area contributed by atoms with Gasteiger partial charge < -0.3 is 4.98 Å². The van der Waals surface area contributed by atoms with Crippen LogP contribution in [0.2, 0.25) is 5.15 Å². The van der Waals surface area contributed by atoms with Gasteiger partial charge in [-0.05, 0) is 0 Å². The van der Waals surface area contributed by atoms with Gasteiger partial charge in [0.05, 0.1) is 6.33 Å². The number of hydrogen-bond acceptors (Lipinski definition) is 4. The first kappa shape index (κ1) is 11.0. The number of halogens is 3. The third-order valence-corrected chi connectivity index (χ3v) is 2.58. The summed E-state index contributed by atoms with van der Waals surface area (Å²) in [5, 5.41) is 3.75. The van der Waals surface area contributed by atoms with Gasteiger partial charge in [-0.2, -0.15) is 5.10 Å². The van der Waals surface area contributed by atoms with Crippen LogP contribution in [0.1, 0.15) is 12.1 Å². The van der Waals surface area contributed by atoms with Crippen molar-refractivity contribution in [2.75, 3.05) is 0 Å². The van der Waals surface area contributed by atoms with Crippen molar-refractivity contribution in [1.29, 1.82) is 0 Å². The Bertz CT molecular complexity index is 706. The number of nitrogens with zero attached hydrogens (tertiary/aromatic N) is 5. The van der Waals surface area contributed by atoms with Gasteiger partial charge >= 0.3 is 0 Å². The van der Waals surface area contributed by atoms with E-state index in [0.717, 1.165) is 10.7 Å². The summed E-state index contributed by atoms with van der Waals surface area (Å²) >= 11 is 5.86. The lowest BCUT2D eigenvalue weighted by Gasteiger charge is -2.02. The van der Waals surface area contributed by atoms with E-state index in [1.807, 2.05) is 0 Å². The Morgan fingerprint density at radius 1 is 1.28 bits per heavy atom. The Morgan fingerprint density at radius 3 is 2.83 bits per heavy atom. The minimum atomic E-state index is -2.69. The lowest BCUT2D eigenvalue weighted by Crippen LogP contribution is -2.02. The molecule has 0 spiro atoms. The van der Waals surface area contributed by atoms with Gasteiger partial charge in [-0.25, -0.2) is 28.4 Å². The van der Waals surface area contributed by atoms with Crippen molar-refractivity contribution in [2.45, 2.75) is 6.43 Å². The molecule has 18 heavy (non-hydrogen) atoms. The Balaban J connectivity index is 2.23. The summed E-state index contributed by atoms with van der Waals surface area (Å²) in [5.41, 5.74) is 0.472. The van der Waals surface area contributed by atoms with Crippen LogP contribution in [-0.4, -0.2) is 29.7 Å². The van der Waals surface area contributed by atoms with Gasteiger partial charge in [0, 0.05) is 6.07 Å². The predicted octanol–water partition coefficient (Wildman–Crippen LogP) is 2.13. The molecule has 1 N–H and O–H groups in total. The van der Waals surface area contributed by atoms with Gasteiger partial charge in [-0.15, -0.1) is 0 Å². The van der Waals surface area contributed by atoms with Gasteiger partial charge in [0.1, 0.15) is 22.7 Å². The summed E-state index contributed by atoms with van der Waals surface area (Å²) in [6.07, 6.45) is -0.00447. The maximum Gasteiger partial charge on any atom is 0.282 e. The summed E-state index contributed by atoms with van der Waals surface area (Å²) in [4.78, 5) is 14.6. The molecule has 0 bridgehead atoms. The molecule has 3 aromatic rings. The third kappa shape index (κ3) is 1.61. The Kier molecular flexibility index (Phi) is 2.44. The van der Waals surface area contributed by atoms with Crippen molar-refractivity contribution in [2.24, 2.45) is 0 Å². The smallest absolute Gasteiger partial charge is 0.282 e. The number of fused-ring (bicyclic) bond motifs is 1. The SMILES string of the molecule is FC(F)c1cc(Cl)n(-c2ncnc3nc[nH]c23)n1. The second-order valence-corrected chi connectivity index (χ2v) is 3.79. The van der Waals surface area contributed by atoms with E-state index < -0.39 is 12.1 Å². The fourth-order valence-corrected chi connectivity index (χ4v) is 1.77. The van der Waals surface area contributed by atoms with Gasteiger partial charge in [0.2, 0.25) is 0 Å². The molecule has 92 valence electrons. The minimum absolute atomic E-state index is 0.0416. The second-order valence-electron chi connectivity index (χ2n) is 3.40. The highest BCUT2D eigenvalue weighted by molar-refractivity contribution is 6.29. The van der Waals surface area contributed by atoms with E-state index in [2.05, 4.69) is 25.0 Å². The largest absolute Gasteiger partial charge is 0.340 e. The monoisotopic (exact) mass is 270 g/mol. The molecule has 0 amide bonds. The maximum absolute atomic E-state index is 12.5. The lowest BCUT2D eigenvalue weighted by molar-refractivity contribution is 0.145. The first-order chi connectivity index (χ1) is 8.66. The molecular formula is C9H5ClF2N6. The topological polar surface area (TPSA) is 72.3 Å². The molecule has 3 rings (SSSR count). The van der Waals surface area contributed by atoms with Gasteiger partial charge in [-0.3, -0.25) is 0 Å². The normalized spacial score (nSPS) is 11.6. The molecular weight excluding hydrogens is 266 g/mol. The van der Waals surface area contributed by atoms with Crippen LogP contribution >= 0.6 is 11.6 Å². The van der Waals surface area contributed by atoms with Crippen LogP contribution in [0.25, 0.3) is 17.0 Å². The molecule has 9 heteroatoms. The molecule has 0 aliphatic heterocycles. The fourth-order valence-electron chi connectivity index (χ4n) is 1.54. The van der Waals surface area contributed by atoms with Gasteiger partial charge in [0.15, 0.2) is 11.5 Å². The van der Waals surface area contributed by atoms with E-state index in [1.54, 1.807) is 0 Å². The molecule has 0 atom stereocenters. The van der Waals surface area contributed by atoms with Crippen LogP contribution in [0.4, 0.5) is 8.78 Å². The standard InChI is InChI=1S/C9H5ClF2N6/c10-5-1-4(7(11)12)17-18(5)9-6-8(14-2-13-6)15-3-16-9/h1-3,7H,(H,13,14,15,16). The minimum Gasteiger partial charge on any atom is -0.340 e. The number of aromatic amines is 1. The highest BCUT2D eigenvalue weighted by Crippen LogP contribution is 2.24. The molecule has 0 aromatic carbocycles. The van der Waals surface area contributed by atoms with Gasteiger partial charge in [-0.1, -0.05) is 11.6 Å². The maximum atomic E-state index is 12.5. The van der Waals surface area contributed by atoms with Crippen molar-refractivity contribution >= 4 is 22.8 Å². The van der Waals surface area contributed by atoms with Gasteiger partial charge in [0.25, 0.3) is 6.43 Å². The number of nitrogens with one attached hydrogen (secondary N) is 1. The summed E-state index contributed by atoms with van der Waals surface area (Å²) in [5.74, 6) is 0.273. The molecule has 0 radical (unpaired) electrons. The summed E-state index contributed by atoms with van der Waals surface area (Å²) in [6, 6.07) is 1.09. The molecule has 0 saturated heterocycles. The van der Waals surface area contributed by atoms with E-state index in [4.69, 9.17) is 11.6 Å². The van der Waals surface area contributed by atoms with Crippen LogP contribution < -0.4 is 0 Å². The van der Waals surface area contributed by atoms with Crippen molar-refractivity contribution in [3.05, 3.63) is 29.6 Å². The molecule has 0 saturated carbocycles. The highest BCUT2D eigenvalue weighted by Gasteiger charge is 2.18. The molecule has 0 fully saturated rings. The first-order valence-electron chi connectivity index (χ1n) is 4.85. The summed E-state index contributed by atoms with van der Waals surface area (Å²) < 4.78 is 26.2. The average Bonchev–Trinajstić information content (AvgIpc) is 2.94. The van der Waals surface area contributed by atoms with Crippen molar-refractivity contribution in [3.63, 3.8) is 0 Å². The molecule has 0 aliphatic carbocycles. The lowest BCUT2D eigenvalue weighted by atomic mass is 10.5. The van der Waals surface area contributed by atoms with E-state index >= 15 is 0 Å². The van der Waals surface area contributed by atoms with Crippen LogP contribution in [-0.2, 0) is 0 Å². The van der Waals surface area contributed by atoms with Crippen LogP contribution in [0, 0.1) is 0 Å². The van der Waals surface area contributed by atoms with E-state index in [9.17, 15) is 8.78 Å². The van der Waals surface area contributed by atoms with E-state index in [-0.39, 0.29) is 11.0 Å². The van der Waals surface area contributed by atoms with Crippen LogP contribution in [0.15, 0.2) is 18.7 Å². The Labute approximate surface area is 104 Å².